The summed E-state index contributed by atoms with van der Waals surface area (Å²) in [4.78, 5) is 13.4. The topological polar surface area (TPSA) is 48.7 Å². The lowest BCUT2D eigenvalue weighted by molar-refractivity contribution is 0.313. The van der Waals surface area contributed by atoms with Crippen molar-refractivity contribution in [2.24, 2.45) is 0 Å². The SMILES string of the molecule is CN1CCN(c2ccc(Nc3ncc(Br)n4ccnc34)cc2Cl)CC1. The molecule has 4 rings (SSSR count). The van der Waals surface area contributed by atoms with Gasteiger partial charge in [0.2, 0.25) is 0 Å². The summed E-state index contributed by atoms with van der Waals surface area (Å²) in [5.74, 6) is 0.691. The lowest BCUT2D eigenvalue weighted by Gasteiger charge is -2.34. The summed E-state index contributed by atoms with van der Waals surface area (Å²) in [6.45, 7) is 4.09. The zero-order valence-corrected chi connectivity index (χ0v) is 16.1. The van der Waals surface area contributed by atoms with E-state index in [0.29, 0.717) is 5.82 Å². The van der Waals surface area contributed by atoms with Crippen LogP contribution in [-0.2, 0) is 0 Å². The second-order valence-electron chi connectivity index (χ2n) is 6.13. The maximum atomic E-state index is 6.54. The molecule has 1 aromatic carbocycles. The van der Waals surface area contributed by atoms with E-state index in [1.807, 2.05) is 22.7 Å². The van der Waals surface area contributed by atoms with Gasteiger partial charge in [0.15, 0.2) is 11.5 Å². The fourth-order valence-corrected chi connectivity index (χ4v) is 3.69. The molecule has 1 fully saturated rings. The van der Waals surface area contributed by atoms with Gasteiger partial charge in [-0.2, -0.15) is 0 Å². The van der Waals surface area contributed by atoms with E-state index in [2.05, 4.69) is 54.1 Å². The van der Waals surface area contributed by atoms with Crippen LogP contribution < -0.4 is 10.2 Å². The number of rotatable bonds is 3. The number of imidazole rings is 1. The quantitative estimate of drug-likeness (QED) is 0.700. The first-order valence-corrected chi connectivity index (χ1v) is 9.26. The Morgan fingerprint density at radius 3 is 2.72 bits per heavy atom. The molecule has 8 heteroatoms. The minimum absolute atomic E-state index is 0.691. The fraction of sp³-hybridized carbons (Fsp3) is 0.294. The van der Waals surface area contributed by atoms with Crippen LogP contribution in [0.15, 0.2) is 41.4 Å². The van der Waals surface area contributed by atoms with E-state index in [0.717, 1.165) is 52.8 Å². The van der Waals surface area contributed by atoms with Crippen LogP contribution in [0.2, 0.25) is 5.02 Å². The minimum Gasteiger partial charge on any atom is -0.368 e. The van der Waals surface area contributed by atoms with Crippen molar-refractivity contribution >= 4 is 50.4 Å². The van der Waals surface area contributed by atoms with E-state index in [1.165, 1.54) is 0 Å². The number of aromatic nitrogens is 3. The normalized spacial score (nSPS) is 15.7. The molecule has 0 spiro atoms. The second-order valence-corrected chi connectivity index (χ2v) is 7.35. The maximum absolute atomic E-state index is 6.54. The number of hydrogen-bond acceptors (Lipinski definition) is 5. The van der Waals surface area contributed by atoms with Crippen LogP contribution in [-0.4, -0.2) is 52.5 Å². The van der Waals surface area contributed by atoms with Gasteiger partial charge in [0.05, 0.1) is 16.9 Å². The summed E-state index contributed by atoms with van der Waals surface area (Å²) in [6, 6.07) is 6.04. The second kappa shape index (κ2) is 6.82. The molecule has 130 valence electrons. The minimum atomic E-state index is 0.691. The summed E-state index contributed by atoms with van der Waals surface area (Å²) in [7, 11) is 2.15. The number of anilines is 3. The molecule has 25 heavy (non-hydrogen) atoms. The molecule has 3 heterocycles. The molecule has 0 radical (unpaired) electrons. The Morgan fingerprint density at radius 1 is 1.16 bits per heavy atom. The van der Waals surface area contributed by atoms with Crippen LogP contribution in [0.5, 0.6) is 0 Å². The van der Waals surface area contributed by atoms with Gasteiger partial charge in [-0.3, -0.25) is 4.40 Å². The van der Waals surface area contributed by atoms with Crippen molar-refractivity contribution in [1.29, 1.82) is 0 Å². The van der Waals surface area contributed by atoms with Crippen molar-refractivity contribution in [2.75, 3.05) is 43.4 Å². The first-order valence-electron chi connectivity index (χ1n) is 8.09. The zero-order valence-electron chi connectivity index (χ0n) is 13.8. The standard InChI is InChI=1S/C17H18BrClN6/c1-23-6-8-24(9-7-23)14-3-2-12(10-13(14)19)22-16-17-20-4-5-25(17)15(18)11-21-16/h2-5,10-11H,6-9H2,1H3,(H,21,22). The van der Waals surface area contributed by atoms with Crippen LogP contribution in [0.1, 0.15) is 0 Å². The number of nitrogens with zero attached hydrogens (tertiary/aromatic N) is 5. The first-order chi connectivity index (χ1) is 12.1. The van der Waals surface area contributed by atoms with Crippen molar-refractivity contribution in [3.63, 3.8) is 0 Å². The predicted molar refractivity (Wildman–Crippen MR) is 105 cm³/mol. The van der Waals surface area contributed by atoms with E-state index in [9.17, 15) is 0 Å². The van der Waals surface area contributed by atoms with Crippen LogP contribution >= 0.6 is 27.5 Å². The van der Waals surface area contributed by atoms with Crippen LogP contribution in [0.3, 0.4) is 0 Å². The fourth-order valence-electron chi connectivity index (χ4n) is 3.00. The third-order valence-corrected chi connectivity index (χ3v) is 5.33. The van der Waals surface area contributed by atoms with Crippen molar-refractivity contribution in [2.45, 2.75) is 0 Å². The van der Waals surface area contributed by atoms with Crippen molar-refractivity contribution in [3.8, 4) is 0 Å². The predicted octanol–water partition coefficient (Wildman–Crippen LogP) is 3.64. The van der Waals surface area contributed by atoms with Gasteiger partial charge in [-0.05, 0) is 41.2 Å². The molecule has 0 saturated carbocycles. The zero-order chi connectivity index (χ0) is 17.4. The third kappa shape index (κ3) is 3.31. The Labute approximate surface area is 159 Å². The van der Waals surface area contributed by atoms with E-state index < -0.39 is 0 Å². The average molecular weight is 422 g/mol. The Bertz CT molecular complexity index is 903. The lowest BCUT2D eigenvalue weighted by Crippen LogP contribution is -2.44. The maximum Gasteiger partial charge on any atom is 0.181 e. The Balaban J connectivity index is 1.58. The largest absolute Gasteiger partial charge is 0.368 e. The van der Waals surface area contributed by atoms with E-state index in [1.54, 1.807) is 12.4 Å². The number of fused-ring (bicyclic) bond motifs is 1. The van der Waals surface area contributed by atoms with Gasteiger partial charge in [-0.15, -0.1) is 0 Å². The highest BCUT2D eigenvalue weighted by molar-refractivity contribution is 9.10. The highest BCUT2D eigenvalue weighted by Gasteiger charge is 2.17. The summed E-state index contributed by atoms with van der Waals surface area (Å²) < 4.78 is 2.78. The smallest absolute Gasteiger partial charge is 0.181 e. The highest BCUT2D eigenvalue weighted by atomic mass is 79.9. The molecule has 2 aromatic heterocycles. The van der Waals surface area contributed by atoms with Crippen molar-refractivity contribution < 1.29 is 0 Å². The Hall–Kier alpha value is -1.83. The molecule has 0 unspecified atom stereocenters. The number of likely N-dealkylation sites (N-methyl/N-ethyl adjacent to an activating group) is 1. The van der Waals surface area contributed by atoms with E-state index in [-0.39, 0.29) is 0 Å². The van der Waals surface area contributed by atoms with Gasteiger partial charge in [-0.25, -0.2) is 9.97 Å². The number of halogens is 2. The molecule has 0 atom stereocenters. The Morgan fingerprint density at radius 2 is 1.96 bits per heavy atom. The van der Waals surface area contributed by atoms with Crippen LogP contribution in [0.4, 0.5) is 17.2 Å². The summed E-state index contributed by atoms with van der Waals surface area (Å²) in [5, 5.41) is 4.05. The summed E-state index contributed by atoms with van der Waals surface area (Å²) in [6.07, 6.45) is 5.38. The summed E-state index contributed by atoms with van der Waals surface area (Å²) in [5.41, 5.74) is 2.73. The van der Waals surface area contributed by atoms with Crippen molar-refractivity contribution in [3.05, 3.63) is 46.4 Å². The lowest BCUT2D eigenvalue weighted by atomic mass is 10.2. The van der Waals surface area contributed by atoms with Gasteiger partial charge in [0.1, 0.15) is 4.60 Å². The first kappa shape index (κ1) is 16.6. The molecule has 1 aliphatic heterocycles. The molecule has 1 saturated heterocycles. The van der Waals surface area contributed by atoms with E-state index >= 15 is 0 Å². The monoisotopic (exact) mass is 420 g/mol. The van der Waals surface area contributed by atoms with Gasteiger partial charge in [-0.1, -0.05) is 11.6 Å². The van der Waals surface area contributed by atoms with E-state index in [4.69, 9.17) is 11.6 Å². The molecule has 3 aromatic rings. The van der Waals surface area contributed by atoms with Crippen LogP contribution in [0, 0.1) is 0 Å². The molecule has 0 aliphatic carbocycles. The third-order valence-electron chi connectivity index (χ3n) is 4.44. The molecular weight excluding hydrogens is 404 g/mol. The number of piperazine rings is 1. The average Bonchev–Trinajstić information content (AvgIpc) is 3.10. The van der Waals surface area contributed by atoms with Crippen LogP contribution in [0.25, 0.3) is 5.65 Å². The number of hydrogen-bond donors (Lipinski definition) is 1. The number of benzene rings is 1. The molecule has 0 amide bonds. The van der Waals surface area contributed by atoms with Gasteiger partial charge < -0.3 is 15.1 Å². The van der Waals surface area contributed by atoms with Gasteiger partial charge in [0, 0.05) is 44.3 Å². The highest BCUT2D eigenvalue weighted by Crippen LogP contribution is 2.31. The van der Waals surface area contributed by atoms with Gasteiger partial charge >= 0.3 is 0 Å². The van der Waals surface area contributed by atoms with Crippen molar-refractivity contribution in [1.82, 2.24) is 19.3 Å². The molecule has 0 bridgehead atoms. The summed E-state index contributed by atoms with van der Waals surface area (Å²) >= 11 is 10.0. The molecular formula is C17H18BrClN6. The number of nitrogens with one attached hydrogen (secondary N) is 1. The van der Waals surface area contributed by atoms with Gasteiger partial charge in [0.25, 0.3) is 0 Å². The molecule has 6 nitrogen and oxygen atoms in total. The molecule has 1 aliphatic rings. The Kier molecular flexibility index (Phi) is 4.54. The molecule has 1 N–H and O–H groups in total.